The fraction of sp³-hybridized carbons (Fsp3) is 0.258. The maximum absolute atomic E-state index is 15.6. The summed E-state index contributed by atoms with van der Waals surface area (Å²) < 4.78 is 31.2. The Bertz CT molecular complexity index is 3400. The Morgan fingerprint density at radius 3 is 1.21 bits per heavy atom. The van der Waals surface area contributed by atoms with E-state index in [1.54, 1.807) is 0 Å². The van der Waals surface area contributed by atoms with Gasteiger partial charge in [-0.3, -0.25) is 0 Å². The average Bonchev–Trinajstić information content (AvgIpc) is 3.33. The van der Waals surface area contributed by atoms with Crippen LogP contribution in [0.15, 0.2) is 159 Å². The highest BCUT2D eigenvalue weighted by molar-refractivity contribution is 7.86. The smallest absolute Gasteiger partial charge is 0.252 e. The number of rotatable bonds is 3. The third kappa shape index (κ3) is 7.16. The van der Waals surface area contributed by atoms with E-state index < -0.39 is 21.6 Å². The van der Waals surface area contributed by atoms with Gasteiger partial charge in [0, 0.05) is 28.1 Å². The summed E-state index contributed by atoms with van der Waals surface area (Å²) >= 11 is 0. The Morgan fingerprint density at radius 1 is 0.394 bits per heavy atom. The van der Waals surface area contributed by atoms with Crippen LogP contribution in [-0.2, 0) is 43.3 Å². The van der Waals surface area contributed by atoms with E-state index in [1.807, 2.05) is 36.4 Å². The van der Waals surface area contributed by atoms with E-state index in [0.29, 0.717) is 5.82 Å². The Balaban J connectivity index is 1.25. The molecular weight excluding hydrogens is 908 g/mol. The number of hydrogen-bond donors (Lipinski definition) is 0. The van der Waals surface area contributed by atoms with Crippen molar-refractivity contribution in [2.24, 2.45) is 0 Å². The number of aromatic nitrogens is 2. The number of benzene rings is 7. The summed E-state index contributed by atoms with van der Waals surface area (Å²) in [7, 11) is -2.99. The average molecular weight is 967 g/mol. The maximum atomic E-state index is 15.6. The topological polar surface area (TPSA) is 66.4 Å². The van der Waals surface area contributed by atoms with Crippen LogP contribution in [-0.4, -0.2) is 25.1 Å². The highest BCUT2D eigenvalue weighted by Crippen LogP contribution is 2.55. The molecule has 8 aromatic rings. The van der Waals surface area contributed by atoms with Crippen LogP contribution < -0.4 is 26.2 Å². The Kier molecular flexibility index (Phi) is 10.0. The minimum Gasteiger partial charge on any atom is -0.309 e. The van der Waals surface area contributed by atoms with E-state index in [-0.39, 0.29) is 28.4 Å². The lowest BCUT2D eigenvalue weighted by Crippen LogP contribution is -2.62. The Labute approximate surface area is 424 Å². The molecule has 2 unspecified atom stereocenters. The molecule has 1 aromatic heterocycles. The highest BCUT2D eigenvalue weighted by Gasteiger charge is 2.50. The molecule has 0 amide bonds. The lowest BCUT2D eigenvalue weighted by atomic mass is 9.33. The molecule has 0 saturated carbocycles. The summed E-state index contributed by atoms with van der Waals surface area (Å²) in [5.74, 6) is 0.637. The van der Waals surface area contributed by atoms with Gasteiger partial charge in [-0.05, 0) is 115 Å². The normalized spacial score (nSPS) is 16.5. The van der Waals surface area contributed by atoms with Crippen molar-refractivity contribution >= 4 is 78.8 Å². The van der Waals surface area contributed by atoms with Crippen molar-refractivity contribution in [2.75, 3.05) is 9.80 Å². The number of nitrogens with zero attached hydrogens (tertiary/aromatic N) is 4. The van der Waals surface area contributed by atoms with Crippen molar-refractivity contribution in [1.82, 2.24) is 9.97 Å². The molecule has 0 spiro atoms. The first kappa shape index (κ1) is 45.7. The summed E-state index contributed by atoms with van der Waals surface area (Å²) in [6.07, 6.45) is 0. The summed E-state index contributed by atoms with van der Waals surface area (Å²) in [6, 6.07) is 49.7. The van der Waals surface area contributed by atoms with Gasteiger partial charge in [0.1, 0.15) is 0 Å². The molecule has 0 radical (unpaired) electrons. The monoisotopic (exact) mass is 966 g/mol. The zero-order valence-electron chi connectivity index (χ0n) is 42.8. The van der Waals surface area contributed by atoms with Gasteiger partial charge in [0.05, 0.1) is 75.3 Å². The molecule has 0 saturated heterocycles. The molecular formula is C62H59BN4O2S2. The van der Waals surface area contributed by atoms with Crippen LogP contribution in [0.25, 0.3) is 33.9 Å². The van der Waals surface area contributed by atoms with Crippen LogP contribution in [0.2, 0.25) is 0 Å². The van der Waals surface area contributed by atoms with Gasteiger partial charge in [0.2, 0.25) is 0 Å². The zero-order valence-corrected chi connectivity index (χ0v) is 44.4. The van der Waals surface area contributed by atoms with Crippen molar-refractivity contribution in [3.63, 3.8) is 0 Å². The molecule has 0 N–H and O–H groups in total. The summed E-state index contributed by atoms with van der Waals surface area (Å²) in [5, 5.41) is 0. The van der Waals surface area contributed by atoms with Gasteiger partial charge in [0.15, 0.2) is 5.82 Å². The molecule has 12 rings (SSSR count). The van der Waals surface area contributed by atoms with E-state index in [1.165, 1.54) is 0 Å². The lowest BCUT2D eigenvalue weighted by molar-refractivity contribution is 0.587. The number of fused-ring (bicyclic) bond motifs is 8. The van der Waals surface area contributed by atoms with Crippen LogP contribution in [0.1, 0.15) is 105 Å². The molecule has 71 heavy (non-hydrogen) atoms. The quantitative estimate of drug-likeness (QED) is 0.164. The Hall–Kier alpha value is -6.42. The van der Waals surface area contributed by atoms with Gasteiger partial charge in [-0.25, -0.2) is 18.4 Å². The van der Waals surface area contributed by atoms with Crippen molar-refractivity contribution in [3.8, 4) is 33.9 Å². The Morgan fingerprint density at radius 2 is 0.789 bits per heavy atom. The van der Waals surface area contributed by atoms with Gasteiger partial charge in [-0.15, -0.1) is 0 Å². The lowest BCUT2D eigenvalue weighted by Gasteiger charge is -2.48. The molecule has 0 fully saturated rings. The van der Waals surface area contributed by atoms with Gasteiger partial charge < -0.3 is 9.80 Å². The van der Waals surface area contributed by atoms with Crippen LogP contribution in [0.5, 0.6) is 0 Å². The number of hydrogen-bond acceptors (Lipinski definition) is 6. The van der Waals surface area contributed by atoms with Crippen LogP contribution in [0, 0.1) is 0 Å². The van der Waals surface area contributed by atoms with Gasteiger partial charge in [0.25, 0.3) is 6.71 Å². The second-order valence-electron chi connectivity index (χ2n) is 24.0. The minimum absolute atomic E-state index is 0.162. The summed E-state index contributed by atoms with van der Waals surface area (Å²) in [4.78, 5) is 18.7. The van der Waals surface area contributed by atoms with E-state index in [2.05, 4.69) is 196 Å². The van der Waals surface area contributed by atoms with Crippen LogP contribution >= 0.6 is 0 Å². The number of anilines is 6. The van der Waals surface area contributed by atoms with E-state index in [0.717, 1.165) is 120 Å². The van der Waals surface area contributed by atoms with Crippen LogP contribution in [0.4, 0.5) is 34.1 Å². The zero-order chi connectivity index (χ0) is 49.8. The van der Waals surface area contributed by atoms with E-state index in [4.69, 9.17) is 9.97 Å². The first-order valence-electron chi connectivity index (χ1n) is 24.8. The molecule has 0 bridgehead atoms. The molecule has 2 atom stereocenters. The van der Waals surface area contributed by atoms with Gasteiger partial charge in [-0.2, -0.15) is 0 Å². The van der Waals surface area contributed by atoms with Gasteiger partial charge in [-0.1, -0.05) is 168 Å². The van der Waals surface area contributed by atoms with E-state index >= 15 is 8.42 Å². The second kappa shape index (κ2) is 15.5. The van der Waals surface area contributed by atoms with Crippen molar-refractivity contribution < 1.29 is 8.42 Å². The SMILES string of the molecule is CC(C)(C)c1ccc2c(c1)S(=O)c1cc(C(C)(C)C)cc3c1N2c1cc(-c2cc(-c4ccccc4)nc(-c4ccccc4)n2)cc2c1B3c1cc(C(C)(C)C)cc3c1N2c1ccc(C(C)(C)C)cc1S3=O. The molecule has 9 heteroatoms. The highest BCUT2D eigenvalue weighted by atomic mass is 32.2. The van der Waals surface area contributed by atoms with Crippen molar-refractivity contribution in [3.05, 3.63) is 162 Å². The summed E-state index contributed by atoms with van der Waals surface area (Å²) in [5.41, 5.74) is 17.3. The van der Waals surface area contributed by atoms with Gasteiger partial charge >= 0.3 is 0 Å². The fourth-order valence-electron chi connectivity index (χ4n) is 10.9. The molecule has 7 aromatic carbocycles. The third-order valence-corrected chi connectivity index (χ3v) is 17.8. The largest absolute Gasteiger partial charge is 0.309 e. The third-order valence-electron chi connectivity index (χ3n) is 15.0. The maximum Gasteiger partial charge on any atom is 0.252 e. The molecule has 6 nitrogen and oxygen atoms in total. The predicted molar refractivity (Wildman–Crippen MR) is 297 cm³/mol. The van der Waals surface area contributed by atoms with Crippen molar-refractivity contribution in [2.45, 2.75) is 124 Å². The summed E-state index contributed by atoms with van der Waals surface area (Å²) in [6.45, 7) is 26.5. The molecule has 4 aliphatic rings. The van der Waals surface area contributed by atoms with Crippen molar-refractivity contribution in [1.29, 1.82) is 0 Å². The standard InChI is InChI=1S/C62H59BN4O2S2/c1-59(2,3)39-23-25-47-51(31-39)70(68)53-33-41(61(7,8)9)29-43-56(53)66(47)49-27-38(46-35-45(36-19-15-13-16-20-36)64-58(65-46)37-21-17-14-18-22-37)28-50-55(49)63(43)44-30-42(62(10,11)12)34-54-57(44)67(50)48-26-24-40(60(4,5)6)32-52(48)71(54)69/h13-35H,1-12H3. The predicted octanol–water partition coefficient (Wildman–Crippen LogP) is 13.7. The second-order valence-corrected chi connectivity index (χ2v) is 26.8. The molecule has 0 aliphatic carbocycles. The first-order valence-corrected chi connectivity index (χ1v) is 27.1. The molecule has 5 heterocycles. The molecule has 4 aliphatic heterocycles. The fourth-order valence-corrected chi connectivity index (χ4v) is 13.8. The van der Waals surface area contributed by atoms with Crippen LogP contribution in [0.3, 0.4) is 0 Å². The minimum atomic E-state index is -1.49. The van der Waals surface area contributed by atoms with E-state index in [9.17, 15) is 0 Å². The first-order chi connectivity index (χ1) is 33.6. The molecule has 354 valence electrons.